The maximum absolute atomic E-state index is 5.66. The molecule has 0 spiro atoms. The maximum Gasteiger partial charge on any atom is 0.0213 e. The summed E-state index contributed by atoms with van der Waals surface area (Å²) >= 11 is 0. The molecule has 0 bridgehead atoms. The molecular formula is C16H28N2. The second kappa shape index (κ2) is 9.12. The zero-order valence-corrected chi connectivity index (χ0v) is 11.9. The predicted octanol–water partition coefficient (Wildman–Crippen LogP) is 3.67. The minimum absolute atomic E-state index is 0.471. The van der Waals surface area contributed by atoms with Crippen LogP contribution in [0.1, 0.15) is 51.5 Å². The molecule has 18 heavy (non-hydrogen) atoms. The van der Waals surface area contributed by atoms with Crippen molar-refractivity contribution in [2.24, 2.45) is 11.8 Å². The lowest BCUT2D eigenvalue weighted by Crippen LogP contribution is -2.36. The lowest BCUT2D eigenvalue weighted by atomic mass is 9.92. The predicted molar refractivity (Wildman–Crippen MR) is 79.2 cm³/mol. The van der Waals surface area contributed by atoms with Crippen LogP contribution in [-0.2, 0) is 6.42 Å². The van der Waals surface area contributed by atoms with Crippen LogP contribution >= 0.6 is 0 Å². The summed E-state index contributed by atoms with van der Waals surface area (Å²) in [5.41, 5.74) is 4.41. The van der Waals surface area contributed by atoms with Gasteiger partial charge in [-0.1, -0.05) is 57.0 Å². The van der Waals surface area contributed by atoms with E-state index < -0.39 is 0 Å². The topological polar surface area (TPSA) is 38.0 Å². The van der Waals surface area contributed by atoms with Crippen molar-refractivity contribution in [3.63, 3.8) is 0 Å². The Hall–Kier alpha value is -0.860. The Morgan fingerprint density at radius 2 is 1.78 bits per heavy atom. The van der Waals surface area contributed by atoms with Gasteiger partial charge in [-0.25, -0.2) is 0 Å². The molecule has 0 saturated carbocycles. The van der Waals surface area contributed by atoms with Gasteiger partial charge in [0.2, 0.25) is 0 Å². The molecule has 102 valence electrons. The first-order chi connectivity index (χ1) is 8.80. The van der Waals surface area contributed by atoms with Crippen LogP contribution < -0.4 is 11.3 Å². The number of hydrogen-bond donors (Lipinski definition) is 2. The Morgan fingerprint density at radius 3 is 2.33 bits per heavy atom. The van der Waals surface area contributed by atoms with Crippen LogP contribution in [0.2, 0.25) is 0 Å². The van der Waals surface area contributed by atoms with Crippen molar-refractivity contribution < 1.29 is 0 Å². The molecule has 3 N–H and O–H groups in total. The van der Waals surface area contributed by atoms with Crippen LogP contribution in [0.25, 0.3) is 0 Å². The largest absolute Gasteiger partial charge is 0.271 e. The molecule has 0 saturated heterocycles. The molecule has 0 fully saturated rings. The summed E-state index contributed by atoms with van der Waals surface area (Å²) < 4.78 is 0. The lowest BCUT2D eigenvalue weighted by molar-refractivity contribution is 0.350. The highest BCUT2D eigenvalue weighted by Gasteiger charge is 2.12. The molecule has 1 atom stereocenters. The van der Waals surface area contributed by atoms with Crippen LogP contribution in [0.3, 0.4) is 0 Å². The van der Waals surface area contributed by atoms with E-state index in [2.05, 4.69) is 49.6 Å². The summed E-state index contributed by atoms with van der Waals surface area (Å²) in [6.45, 7) is 4.54. The summed E-state index contributed by atoms with van der Waals surface area (Å²) in [7, 11) is 0. The van der Waals surface area contributed by atoms with E-state index >= 15 is 0 Å². The first-order valence-corrected chi connectivity index (χ1v) is 7.30. The van der Waals surface area contributed by atoms with Crippen LogP contribution in [0.15, 0.2) is 30.3 Å². The van der Waals surface area contributed by atoms with Gasteiger partial charge in [-0.15, -0.1) is 0 Å². The molecule has 0 aliphatic heterocycles. The molecule has 0 aromatic heterocycles. The third kappa shape index (κ3) is 5.65. The fourth-order valence-electron chi connectivity index (χ4n) is 2.49. The van der Waals surface area contributed by atoms with Crippen LogP contribution in [0, 0.1) is 5.92 Å². The van der Waals surface area contributed by atoms with Crippen LogP contribution in [-0.4, -0.2) is 6.04 Å². The molecule has 0 radical (unpaired) electrons. The van der Waals surface area contributed by atoms with E-state index in [0.29, 0.717) is 6.04 Å². The Bertz CT molecular complexity index is 293. The van der Waals surface area contributed by atoms with Crippen molar-refractivity contribution in [1.82, 2.24) is 5.43 Å². The van der Waals surface area contributed by atoms with Gasteiger partial charge >= 0.3 is 0 Å². The normalized spacial score (nSPS) is 12.9. The zero-order valence-electron chi connectivity index (χ0n) is 11.9. The molecule has 2 heteroatoms. The highest BCUT2D eigenvalue weighted by atomic mass is 15.2. The van der Waals surface area contributed by atoms with Gasteiger partial charge in [0.15, 0.2) is 0 Å². The molecular weight excluding hydrogens is 220 g/mol. The molecule has 0 amide bonds. The van der Waals surface area contributed by atoms with Crippen LogP contribution in [0.4, 0.5) is 0 Å². The maximum atomic E-state index is 5.66. The highest BCUT2D eigenvalue weighted by Crippen LogP contribution is 2.17. The molecule has 1 aromatic carbocycles. The van der Waals surface area contributed by atoms with E-state index in [1.54, 1.807) is 0 Å². The number of nitrogens with two attached hydrogens (primary N) is 1. The van der Waals surface area contributed by atoms with Crippen molar-refractivity contribution in [3.8, 4) is 0 Å². The van der Waals surface area contributed by atoms with Crippen molar-refractivity contribution in [1.29, 1.82) is 0 Å². The van der Waals surface area contributed by atoms with Crippen molar-refractivity contribution in [2.75, 3.05) is 0 Å². The Morgan fingerprint density at radius 1 is 1.11 bits per heavy atom. The van der Waals surface area contributed by atoms with Crippen molar-refractivity contribution in [2.45, 2.75) is 58.4 Å². The quantitative estimate of drug-likeness (QED) is 0.517. The minimum atomic E-state index is 0.471. The van der Waals surface area contributed by atoms with Gasteiger partial charge in [0.05, 0.1) is 0 Å². The average molecular weight is 248 g/mol. The molecule has 0 heterocycles. The van der Waals surface area contributed by atoms with E-state index in [-0.39, 0.29) is 0 Å². The monoisotopic (exact) mass is 248 g/mol. The van der Waals surface area contributed by atoms with Gasteiger partial charge in [-0.3, -0.25) is 11.3 Å². The fraction of sp³-hybridized carbons (Fsp3) is 0.625. The summed E-state index contributed by atoms with van der Waals surface area (Å²) in [6, 6.07) is 11.2. The third-order valence-corrected chi connectivity index (χ3v) is 3.87. The summed E-state index contributed by atoms with van der Waals surface area (Å²) in [5, 5.41) is 0. The Kier molecular flexibility index (Phi) is 7.70. The smallest absolute Gasteiger partial charge is 0.0213 e. The van der Waals surface area contributed by atoms with Gasteiger partial charge in [0, 0.05) is 6.04 Å². The van der Waals surface area contributed by atoms with E-state index in [0.717, 1.165) is 12.3 Å². The number of aryl methyl sites for hydroxylation is 1. The second-order valence-corrected chi connectivity index (χ2v) is 5.16. The number of hydrazine groups is 1. The number of nitrogens with one attached hydrogen (secondary N) is 1. The minimum Gasteiger partial charge on any atom is -0.271 e. The Balaban J connectivity index is 2.27. The summed E-state index contributed by atoms with van der Waals surface area (Å²) in [6.07, 6.45) is 7.25. The number of rotatable bonds is 9. The second-order valence-electron chi connectivity index (χ2n) is 5.16. The summed E-state index contributed by atoms with van der Waals surface area (Å²) in [4.78, 5) is 0. The standard InChI is InChI=1S/C16H28N2/c1-3-14(4-2)13-16(18-17)12-8-11-15-9-6-5-7-10-15/h5-7,9-10,14,16,18H,3-4,8,11-13,17H2,1-2H3. The first kappa shape index (κ1) is 15.2. The SMILES string of the molecule is CCC(CC)CC(CCCc1ccccc1)NN. The number of hydrogen-bond acceptors (Lipinski definition) is 2. The summed E-state index contributed by atoms with van der Waals surface area (Å²) in [5.74, 6) is 6.47. The lowest BCUT2D eigenvalue weighted by Gasteiger charge is -2.21. The van der Waals surface area contributed by atoms with Gasteiger partial charge in [-0.2, -0.15) is 0 Å². The van der Waals surface area contributed by atoms with E-state index in [4.69, 9.17) is 5.84 Å². The van der Waals surface area contributed by atoms with Crippen molar-refractivity contribution >= 4 is 0 Å². The Labute approximate surface area is 112 Å². The zero-order chi connectivity index (χ0) is 13.2. The molecule has 2 nitrogen and oxygen atoms in total. The first-order valence-electron chi connectivity index (χ1n) is 7.30. The fourth-order valence-corrected chi connectivity index (χ4v) is 2.49. The molecule has 1 unspecified atom stereocenters. The van der Waals surface area contributed by atoms with Crippen LogP contribution in [0.5, 0.6) is 0 Å². The van der Waals surface area contributed by atoms with Crippen molar-refractivity contribution in [3.05, 3.63) is 35.9 Å². The molecule has 1 aromatic rings. The molecule has 0 aliphatic carbocycles. The molecule has 1 rings (SSSR count). The van der Waals surface area contributed by atoms with E-state index in [9.17, 15) is 0 Å². The average Bonchev–Trinajstić information content (AvgIpc) is 2.44. The van der Waals surface area contributed by atoms with Gasteiger partial charge in [0.1, 0.15) is 0 Å². The van der Waals surface area contributed by atoms with Gasteiger partial charge < -0.3 is 0 Å². The molecule has 0 aliphatic rings. The number of benzene rings is 1. The van der Waals surface area contributed by atoms with Gasteiger partial charge in [0.25, 0.3) is 0 Å². The van der Waals surface area contributed by atoms with E-state index in [1.807, 2.05) is 0 Å². The third-order valence-electron chi connectivity index (χ3n) is 3.87. The highest BCUT2D eigenvalue weighted by molar-refractivity contribution is 5.14. The van der Waals surface area contributed by atoms with E-state index in [1.165, 1.54) is 37.7 Å². The van der Waals surface area contributed by atoms with Gasteiger partial charge in [-0.05, 0) is 37.2 Å².